The minimum Gasteiger partial charge on any atom is -0.481 e. The quantitative estimate of drug-likeness (QED) is 0.600. The van der Waals surface area contributed by atoms with Gasteiger partial charge in [0, 0.05) is 0 Å². The summed E-state index contributed by atoms with van der Waals surface area (Å²) in [7, 11) is 0. The van der Waals surface area contributed by atoms with Gasteiger partial charge in [-0.05, 0) is 25.1 Å². The normalized spacial score (nSPS) is 11.9. The number of aliphatic hydroxyl groups excluding tert-OH is 1. The first-order valence-electron chi connectivity index (χ1n) is 4.80. The zero-order chi connectivity index (χ0) is 10.9. The summed E-state index contributed by atoms with van der Waals surface area (Å²) in [5, 5.41) is 9.23. The Hall–Kier alpha value is -1.72. The number of hydrogen-bond acceptors (Lipinski definition) is 2. The van der Waals surface area contributed by atoms with Gasteiger partial charge >= 0.3 is 0 Å². The molecular weight excluding hydrogens is 188 g/mol. The Kier molecular flexibility index (Phi) is 5.07. The number of benzene rings is 1. The van der Waals surface area contributed by atoms with Gasteiger partial charge in [-0.25, -0.2) is 0 Å². The van der Waals surface area contributed by atoms with Crippen molar-refractivity contribution in [3.63, 3.8) is 0 Å². The molecule has 1 atom stereocenters. The summed E-state index contributed by atoms with van der Waals surface area (Å²) in [6, 6.07) is 9.46. The van der Waals surface area contributed by atoms with Crippen LogP contribution in [0, 0.1) is 11.8 Å². The summed E-state index contributed by atoms with van der Waals surface area (Å²) in [5.74, 6) is 6.18. The van der Waals surface area contributed by atoms with Crippen LogP contribution in [0.3, 0.4) is 0 Å². The van der Waals surface area contributed by atoms with Crippen LogP contribution in [0.1, 0.15) is 6.92 Å². The summed E-state index contributed by atoms with van der Waals surface area (Å²) >= 11 is 0. The monoisotopic (exact) mass is 202 g/mol. The van der Waals surface area contributed by atoms with Crippen molar-refractivity contribution in [3.8, 4) is 17.6 Å². The van der Waals surface area contributed by atoms with Gasteiger partial charge in [-0.15, -0.1) is 0 Å². The van der Waals surface area contributed by atoms with Gasteiger partial charge in [0.2, 0.25) is 0 Å². The Bertz CT molecular complexity index is 357. The van der Waals surface area contributed by atoms with Gasteiger partial charge in [0.15, 0.2) is 0 Å². The molecule has 0 aliphatic heterocycles. The topological polar surface area (TPSA) is 29.5 Å². The van der Waals surface area contributed by atoms with E-state index in [0.29, 0.717) is 6.61 Å². The van der Waals surface area contributed by atoms with Crippen LogP contribution in [-0.4, -0.2) is 17.8 Å². The Morgan fingerprint density at radius 2 is 2.13 bits per heavy atom. The summed E-state index contributed by atoms with van der Waals surface area (Å²) < 4.78 is 5.33. The third-order valence-electron chi connectivity index (χ3n) is 1.68. The first-order valence-corrected chi connectivity index (χ1v) is 4.80. The van der Waals surface area contributed by atoms with Crippen molar-refractivity contribution in [2.24, 2.45) is 0 Å². The van der Waals surface area contributed by atoms with E-state index < -0.39 is 6.10 Å². The minimum absolute atomic E-state index is 0.290. The van der Waals surface area contributed by atoms with E-state index in [1.807, 2.05) is 37.3 Å². The highest BCUT2D eigenvalue weighted by molar-refractivity contribution is 5.22. The predicted octanol–water partition coefficient (Wildman–Crippen LogP) is 2.01. The second kappa shape index (κ2) is 6.69. The number of para-hydroxylation sites is 1. The number of allylic oxidation sites excluding steroid dienone is 1. The Morgan fingerprint density at radius 1 is 1.40 bits per heavy atom. The van der Waals surface area contributed by atoms with Crippen LogP contribution in [0.2, 0.25) is 0 Å². The van der Waals surface area contributed by atoms with E-state index >= 15 is 0 Å². The average molecular weight is 202 g/mol. The van der Waals surface area contributed by atoms with E-state index in [0.717, 1.165) is 5.75 Å². The summed E-state index contributed by atoms with van der Waals surface area (Å²) in [5.41, 5.74) is 0. The lowest BCUT2D eigenvalue weighted by molar-refractivity contribution is 0.280. The van der Waals surface area contributed by atoms with Crippen LogP contribution in [-0.2, 0) is 0 Å². The van der Waals surface area contributed by atoms with Crippen LogP contribution in [0.5, 0.6) is 5.75 Å². The maximum atomic E-state index is 9.23. The van der Waals surface area contributed by atoms with Crippen LogP contribution in [0.15, 0.2) is 42.5 Å². The molecule has 0 fully saturated rings. The van der Waals surface area contributed by atoms with Gasteiger partial charge < -0.3 is 9.84 Å². The van der Waals surface area contributed by atoms with Crippen molar-refractivity contribution >= 4 is 0 Å². The fraction of sp³-hybridized carbons (Fsp3) is 0.231. The Labute approximate surface area is 90.2 Å². The molecule has 0 heterocycles. The first kappa shape index (κ1) is 11.4. The molecule has 1 unspecified atom stereocenters. The minimum atomic E-state index is -0.700. The molecule has 0 saturated carbocycles. The van der Waals surface area contributed by atoms with Gasteiger partial charge in [0.1, 0.15) is 18.5 Å². The summed E-state index contributed by atoms with van der Waals surface area (Å²) in [4.78, 5) is 0. The van der Waals surface area contributed by atoms with Crippen LogP contribution < -0.4 is 4.74 Å². The molecule has 0 spiro atoms. The highest BCUT2D eigenvalue weighted by Crippen LogP contribution is 2.07. The van der Waals surface area contributed by atoms with Gasteiger partial charge in [-0.3, -0.25) is 0 Å². The van der Waals surface area contributed by atoms with Crippen molar-refractivity contribution in [1.29, 1.82) is 0 Å². The fourth-order valence-corrected chi connectivity index (χ4v) is 1.01. The average Bonchev–Trinajstić information content (AvgIpc) is 2.26. The summed E-state index contributed by atoms with van der Waals surface area (Å²) in [6.07, 6.45) is 2.68. The molecular formula is C13H14O2. The van der Waals surface area contributed by atoms with E-state index in [4.69, 9.17) is 4.74 Å². The highest BCUT2D eigenvalue weighted by atomic mass is 16.5. The Balaban J connectivity index is 2.33. The predicted molar refractivity (Wildman–Crippen MR) is 60.5 cm³/mol. The molecule has 0 amide bonds. The van der Waals surface area contributed by atoms with Crippen molar-refractivity contribution < 1.29 is 9.84 Å². The van der Waals surface area contributed by atoms with E-state index in [-0.39, 0.29) is 0 Å². The second-order valence-electron chi connectivity index (χ2n) is 2.89. The molecule has 2 heteroatoms. The number of rotatable bonds is 3. The standard InChI is InChI=1S/C13H14O2/c1-2-7-12(14)8-6-11-15-13-9-4-3-5-10-13/h2-5,7,9-10,12,14H,11H2,1H3/b7-2+. The molecule has 1 aromatic carbocycles. The van der Waals surface area contributed by atoms with Gasteiger partial charge in [0.05, 0.1) is 0 Å². The number of hydrogen-bond donors (Lipinski definition) is 1. The zero-order valence-electron chi connectivity index (χ0n) is 8.68. The molecule has 15 heavy (non-hydrogen) atoms. The maximum absolute atomic E-state index is 9.23. The van der Waals surface area contributed by atoms with E-state index in [9.17, 15) is 5.11 Å². The second-order valence-corrected chi connectivity index (χ2v) is 2.89. The molecule has 78 valence electrons. The third-order valence-corrected chi connectivity index (χ3v) is 1.68. The van der Waals surface area contributed by atoms with Crippen molar-refractivity contribution in [3.05, 3.63) is 42.5 Å². The lowest BCUT2D eigenvalue weighted by Gasteiger charge is -1.99. The molecule has 0 aromatic heterocycles. The smallest absolute Gasteiger partial charge is 0.149 e. The number of aliphatic hydroxyl groups is 1. The van der Waals surface area contributed by atoms with E-state index in [1.165, 1.54) is 0 Å². The molecule has 1 N–H and O–H groups in total. The van der Waals surface area contributed by atoms with Crippen molar-refractivity contribution in [2.75, 3.05) is 6.61 Å². The van der Waals surface area contributed by atoms with E-state index in [2.05, 4.69) is 11.8 Å². The fourth-order valence-electron chi connectivity index (χ4n) is 1.01. The molecule has 0 saturated heterocycles. The number of ether oxygens (including phenoxy) is 1. The molecule has 1 aromatic rings. The van der Waals surface area contributed by atoms with Crippen molar-refractivity contribution in [2.45, 2.75) is 13.0 Å². The Morgan fingerprint density at radius 3 is 2.80 bits per heavy atom. The molecule has 0 aliphatic carbocycles. The largest absolute Gasteiger partial charge is 0.481 e. The van der Waals surface area contributed by atoms with Crippen LogP contribution in [0.4, 0.5) is 0 Å². The van der Waals surface area contributed by atoms with Crippen LogP contribution >= 0.6 is 0 Å². The maximum Gasteiger partial charge on any atom is 0.149 e. The first-order chi connectivity index (χ1) is 7.33. The van der Waals surface area contributed by atoms with Crippen LogP contribution in [0.25, 0.3) is 0 Å². The zero-order valence-corrected chi connectivity index (χ0v) is 8.68. The molecule has 2 nitrogen and oxygen atoms in total. The molecule has 0 bridgehead atoms. The lowest BCUT2D eigenvalue weighted by atomic mass is 10.3. The summed E-state index contributed by atoms with van der Waals surface area (Å²) in [6.45, 7) is 2.13. The van der Waals surface area contributed by atoms with E-state index in [1.54, 1.807) is 12.2 Å². The molecule has 1 rings (SSSR count). The third kappa shape index (κ3) is 4.90. The molecule has 0 aliphatic rings. The van der Waals surface area contributed by atoms with Gasteiger partial charge in [0.25, 0.3) is 0 Å². The van der Waals surface area contributed by atoms with Gasteiger partial charge in [-0.2, -0.15) is 0 Å². The van der Waals surface area contributed by atoms with Gasteiger partial charge in [-0.1, -0.05) is 36.1 Å². The highest BCUT2D eigenvalue weighted by Gasteiger charge is 1.89. The SMILES string of the molecule is C/C=C/C(O)C#CCOc1ccccc1. The lowest BCUT2D eigenvalue weighted by Crippen LogP contribution is -1.99. The molecule has 0 radical (unpaired) electrons. The van der Waals surface area contributed by atoms with Crippen molar-refractivity contribution in [1.82, 2.24) is 0 Å².